The third-order valence-electron chi connectivity index (χ3n) is 4.58. The minimum absolute atomic E-state index is 0.0356. The summed E-state index contributed by atoms with van der Waals surface area (Å²) in [4.78, 5) is 20.3. The van der Waals surface area contributed by atoms with Crippen LogP contribution in [0.3, 0.4) is 0 Å². The number of pyridine rings is 1. The van der Waals surface area contributed by atoms with Gasteiger partial charge in [0.15, 0.2) is 0 Å². The number of rotatable bonds is 9. The summed E-state index contributed by atoms with van der Waals surface area (Å²) in [5.41, 5.74) is 1.29. The van der Waals surface area contributed by atoms with E-state index < -0.39 is 8.80 Å². The third-order valence-corrected chi connectivity index (χ3v) is 6.06. The zero-order valence-electron chi connectivity index (χ0n) is 15.5. The van der Waals surface area contributed by atoms with Gasteiger partial charge in [-0.3, -0.25) is 4.79 Å². The highest BCUT2D eigenvalue weighted by atomic mass is 28.3. The second kappa shape index (κ2) is 8.04. The summed E-state index contributed by atoms with van der Waals surface area (Å²) in [5.74, 6) is 0.598. The molecular formula is C19H29N3O2Si. The highest BCUT2D eigenvalue weighted by molar-refractivity contribution is 6.55. The van der Waals surface area contributed by atoms with Gasteiger partial charge in [0.2, 0.25) is 5.88 Å². The first-order valence-electron chi connectivity index (χ1n) is 9.52. The van der Waals surface area contributed by atoms with Crippen molar-refractivity contribution >= 4 is 25.7 Å². The molecule has 2 heterocycles. The summed E-state index contributed by atoms with van der Waals surface area (Å²) in [7, 11) is -0.591. The van der Waals surface area contributed by atoms with E-state index in [1.807, 2.05) is 18.2 Å². The molecule has 25 heavy (non-hydrogen) atoms. The molecule has 1 aliphatic carbocycles. The number of aromatic amines is 1. The Labute approximate surface area is 151 Å². The molecule has 2 N–H and O–H groups in total. The quantitative estimate of drug-likeness (QED) is 0.668. The largest absolute Gasteiger partial charge is 0.474 e. The molecule has 3 rings (SSSR count). The van der Waals surface area contributed by atoms with Crippen molar-refractivity contribution in [2.45, 2.75) is 70.3 Å². The van der Waals surface area contributed by atoms with E-state index in [2.05, 4.69) is 35.3 Å². The molecule has 1 amide bonds. The predicted molar refractivity (Wildman–Crippen MR) is 104 cm³/mol. The summed E-state index contributed by atoms with van der Waals surface area (Å²) >= 11 is 0. The number of aromatic nitrogens is 2. The SMILES string of the molecule is CCCC(CC[SiH](C)C)NC(=O)c1cc2ccc(OC3CC3)nc2[nH]1. The second-order valence-corrected chi connectivity index (χ2v) is 10.9. The Hall–Kier alpha value is -1.82. The van der Waals surface area contributed by atoms with Crippen LogP contribution >= 0.6 is 0 Å². The fourth-order valence-electron chi connectivity index (χ4n) is 2.97. The van der Waals surface area contributed by atoms with Crippen molar-refractivity contribution in [2.24, 2.45) is 0 Å². The standard InChI is InChI=1S/C19H29N3O2Si/c1-4-5-14(10-11-25(2)3)20-19(23)16-12-13-6-9-17(22-18(13)21-16)24-15-7-8-15/h6,9,12,14-15,25H,4-5,7-8,10-11H2,1-3H3,(H,20,23)(H,21,22). The lowest BCUT2D eigenvalue weighted by molar-refractivity contribution is 0.0929. The number of hydrogen-bond acceptors (Lipinski definition) is 3. The van der Waals surface area contributed by atoms with Crippen molar-refractivity contribution in [3.63, 3.8) is 0 Å². The lowest BCUT2D eigenvalue weighted by atomic mass is 10.1. The van der Waals surface area contributed by atoms with E-state index in [9.17, 15) is 4.79 Å². The molecule has 1 fully saturated rings. The van der Waals surface area contributed by atoms with Crippen LogP contribution in [0.5, 0.6) is 5.88 Å². The van der Waals surface area contributed by atoms with Crippen LogP contribution in [0.1, 0.15) is 49.5 Å². The Kier molecular flexibility index (Phi) is 5.78. The molecule has 5 nitrogen and oxygen atoms in total. The Morgan fingerprint density at radius 1 is 1.40 bits per heavy atom. The van der Waals surface area contributed by atoms with Gasteiger partial charge < -0.3 is 15.0 Å². The van der Waals surface area contributed by atoms with Crippen molar-refractivity contribution in [3.8, 4) is 5.88 Å². The fourth-order valence-corrected chi connectivity index (χ4v) is 4.04. The van der Waals surface area contributed by atoms with Crippen LogP contribution in [0.25, 0.3) is 11.0 Å². The zero-order valence-corrected chi connectivity index (χ0v) is 16.6. The lowest BCUT2D eigenvalue weighted by Crippen LogP contribution is -2.35. The van der Waals surface area contributed by atoms with Crippen molar-refractivity contribution < 1.29 is 9.53 Å². The number of nitrogens with zero attached hydrogens (tertiary/aromatic N) is 1. The van der Waals surface area contributed by atoms with Gasteiger partial charge in [0.1, 0.15) is 17.4 Å². The summed E-state index contributed by atoms with van der Waals surface area (Å²) in [6.45, 7) is 6.88. The van der Waals surface area contributed by atoms with Gasteiger partial charge in [-0.1, -0.05) is 32.5 Å². The molecule has 1 atom stereocenters. The maximum atomic E-state index is 12.6. The van der Waals surface area contributed by atoms with Crippen LogP contribution in [0, 0.1) is 0 Å². The van der Waals surface area contributed by atoms with E-state index in [1.54, 1.807) is 0 Å². The average molecular weight is 360 g/mol. The number of hydrogen-bond donors (Lipinski definition) is 2. The second-order valence-electron chi connectivity index (χ2n) is 7.52. The molecule has 1 unspecified atom stereocenters. The molecule has 2 aromatic heterocycles. The molecule has 2 aromatic rings. The minimum Gasteiger partial charge on any atom is -0.474 e. The van der Waals surface area contributed by atoms with E-state index in [1.165, 1.54) is 6.04 Å². The topological polar surface area (TPSA) is 67.0 Å². The Morgan fingerprint density at radius 3 is 2.88 bits per heavy atom. The summed E-state index contributed by atoms with van der Waals surface area (Å²) < 4.78 is 5.73. The van der Waals surface area contributed by atoms with Crippen LogP contribution in [0.4, 0.5) is 0 Å². The van der Waals surface area contributed by atoms with Crippen molar-refractivity contribution in [1.29, 1.82) is 0 Å². The summed E-state index contributed by atoms with van der Waals surface area (Å²) in [6, 6.07) is 7.24. The van der Waals surface area contributed by atoms with Crippen LogP contribution < -0.4 is 10.1 Å². The number of H-pyrrole nitrogens is 1. The Bertz CT molecular complexity index is 725. The van der Waals surface area contributed by atoms with Gasteiger partial charge in [0.05, 0.1) is 0 Å². The molecule has 0 aromatic carbocycles. The predicted octanol–water partition coefficient (Wildman–Crippen LogP) is 3.88. The summed E-state index contributed by atoms with van der Waals surface area (Å²) in [5, 5.41) is 4.14. The number of ether oxygens (including phenoxy) is 1. The van der Waals surface area contributed by atoms with Crippen LogP contribution in [-0.4, -0.2) is 36.8 Å². The molecule has 1 saturated carbocycles. The van der Waals surface area contributed by atoms with E-state index >= 15 is 0 Å². The normalized spacial score (nSPS) is 15.5. The Balaban J connectivity index is 1.67. The Morgan fingerprint density at radius 2 is 2.20 bits per heavy atom. The number of nitrogens with one attached hydrogen (secondary N) is 2. The van der Waals surface area contributed by atoms with Gasteiger partial charge >= 0.3 is 0 Å². The van der Waals surface area contributed by atoms with Gasteiger partial charge in [-0.15, -0.1) is 0 Å². The van der Waals surface area contributed by atoms with E-state index in [0.29, 0.717) is 23.3 Å². The first-order chi connectivity index (χ1) is 12.0. The number of carbonyl (C=O) groups excluding carboxylic acids is 1. The van der Waals surface area contributed by atoms with E-state index in [4.69, 9.17) is 4.74 Å². The number of amides is 1. The molecular weight excluding hydrogens is 330 g/mol. The molecule has 0 spiro atoms. The lowest BCUT2D eigenvalue weighted by Gasteiger charge is -2.18. The van der Waals surface area contributed by atoms with E-state index in [0.717, 1.165) is 37.5 Å². The fraction of sp³-hybridized carbons (Fsp3) is 0.579. The molecule has 136 valence electrons. The molecule has 0 saturated heterocycles. The first-order valence-corrected chi connectivity index (χ1v) is 12.6. The maximum Gasteiger partial charge on any atom is 0.267 e. The monoisotopic (exact) mass is 359 g/mol. The highest BCUT2D eigenvalue weighted by Crippen LogP contribution is 2.27. The zero-order chi connectivity index (χ0) is 17.8. The van der Waals surface area contributed by atoms with Crippen LogP contribution in [0.15, 0.2) is 18.2 Å². The first kappa shape index (κ1) is 18.0. The van der Waals surface area contributed by atoms with Crippen molar-refractivity contribution in [2.75, 3.05) is 0 Å². The van der Waals surface area contributed by atoms with Gasteiger partial charge in [-0.2, -0.15) is 4.98 Å². The van der Waals surface area contributed by atoms with Gasteiger partial charge in [-0.25, -0.2) is 0 Å². The van der Waals surface area contributed by atoms with Gasteiger partial charge in [-0.05, 0) is 37.8 Å². The molecule has 0 aliphatic heterocycles. The van der Waals surface area contributed by atoms with Gasteiger partial charge in [0, 0.05) is 26.3 Å². The maximum absolute atomic E-state index is 12.6. The molecule has 6 heteroatoms. The van der Waals surface area contributed by atoms with Gasteiger partial charge in [0.25, 0.3) is 5.91 Å². The number of fused-ring (bicyclic) bond motifs is 1. The molecule has 0 bridgehead atoms. The smallest absolute Gasteiger partial charge is 0.267 e. The molecule has 0 radical (unpaired) electrons. The molecule has 1 aliphatic rings. The van der Waals surface area contributed by atoms with E-state index in [-0.39, 0.29) is 11.9 Å². The highest BCUT2D eigenvalue weighted by Gasteiger charge is 2.24. The van der Waals surface area contributed by atoms with Crippen molar-refractivity contribution in [3.05, 3.63) is 23.9 Å². The summed E-state index contributed by atoms with van der Waals surface area (Å²) in [6.07, 6.45) is 5.74. The number of carbonyl (C=O) groups is 1. The van der Waals surface area contributed by atoms with Crippen LogP contribution in [0.2, 0.25) is 19.1 Å². The third kappa shape index (κ3) is 5.08. The van der Waals surface area contributed by atoms with Crippen molar-refractivity contribution in [1.82, 2.24) is 15.3 Å². The average Bonchev–Trinajstić information content (AvgIpc) is 3.28. The van der Waals surface area contributed by atoms with Crippen LogP contribution in [-0.2, 0) is 0 Å². The minimum atomic E-state index is -0.591.